The zero-order valence-corrected chi connectivity index (χ0v) is 18.6. The zero-order chi connectivity index (χ0) is 22.1. The van der Waals surface area contributed by atoms with Crippen molar-refractivity contribution in [3.05, 3.63) is 46.2 Å². The third-order valence-corrected chi connectivity index (χ3v) is 5.53. The summed E-state index contributed by atoms with van der Waals surface area (Å²) in [7, 11) is 8.11. The molecule has 4 rings (SSSR count). The molecule has 2 heterocycles. The maximum absolute atomic E-state index is 13.5. The molecule has 4 aromatic rings. The fourth-order valence-electron chi connectivity index (χ4n) is 3.94. The molecule has 0 spiro atoms. The Kier molecular flexibility index (Phi) is 5.95. The summed E-state index contributed by atoms with van der Waals surface area (Å²) in [5.74, 6) is -0.0226. The molecule has 31 heavy (non-hydrogen) atoms. The predicted molar refractivity (Wildman–Crippen MR) is 127 cm³/mol. The highest BCUT2D eigenvalue weighted by Crippen LogP contribution is 2.33. The first-order valence-corrected chi connectivity index (χ1v) is 10.5. The van der Waals surface area contributed by atoms with Gasteiger partial charge in [0.15, 0.2) is 0 Å². The number of pyridine rings is 1. The first kappa shape index (κ1) is 21.3. The molecule has 0 bridgehead atoms. The molecule has 0 amide bonds. The number of phenolic OH excluding ortho intramolecular Hbond substituents is 1. The topological polar surface area (TPSA) is 85.1 Å². The van der Waals surface area contributed by atoms with Crippen molar-refractivity contribution < 1.29 is 5.11 Å². The van der Waals surface area contributed by atoms with Gasteiger partial charge in [-0.25, -0.2) is 4.52 Å². The van der Waals surface area contributed by atoms with E-state index in [0.717, 1.165) is 41.9 Å². The highest BCUT2D eigenvalue weighted by atomic mass is 16.3. The maximum atomic E-state index is 13.5. The summed E-state index contributed by atoms with van der Waals surface area (Å²) in [6, 6.07) is 9.11. The van der Waals surface area contributed by atoms with Gasteiger partial charge in [0, 0.05) is 43.8 Å². The largest absolute Gasteiger partial charge is 0.507 e. The Hall–Kier alpha value is -2.94. The van der Waals surface area contributed by atoms with E-state index in [4.69, 9.17) is 5.10 Å². The van der Waals surface area contributed by atoms with Crippen molar-refractivity contribution >= 4 is 32.9 Å². The van der Waals surface area contributed by atoms with E-state index in [9.17, 15) is 9.90 Å². The number of nitrogens with zero attached hydrogens (tertiary/aromatic N) is 4. The number of fused-ring (bicyclic) bond motifs is 2. The van der Waals surface area contributed by atoms with Crippen LogP contribution in [0.1, 0.15) is 5.69 Å². The summed E-state index contributed by atoms with van der Waals surface area (Å²) in [4.78, 5) is 17.7. The third-order valence-electron chi connectivity index (χ3n) is 5.53. The van der Waals surface area contributed by atoms with E-state index in [2.05, 4.69) is 20.4 Å². The van der Waals surface area contributed by atoms with Crippen molar-refractivity contribution in [1.82, 2.24) is 24.7 Å². The summed E-state index contributed by atoms with van der Waals surface area (Å²) in [5.41, 5.74) is 2.89. The van der Waals surface area contributed by atoms with Crippen LogP contribution in [-0.2, 0) is 6.54 Å². The molecule has 8 nitrogen and oxygen atoms in total. The van der Waals surface area contributed by atoms with E-state index in [1.165, 1.54) is 0 Å². The highest BCUT2D eigenvalue weighted by molar-refractivity contribution is 6.09. The Balaban J connectivity index is 1.87. The minimum Gasteiger partial charge on any atom is -0.507 e. The summed E-state index contributed by atoms with van der Waals surface area (Å²) >= 11 is 0. The van der Waals surface area contributed by atoms with Gasteiger partial charge in [-0.3, -0.25) is 4.79 Å². The van der Waals surface area contributed by atoms with Gasteiger partial charge in [0.25, 0.3) is 0 Å². The van der Waals surface area contributed by atoms with Crippen LogP contribution in [0.3, 0.4) is 0 Å². The minimum absolute atomic E-state index is 0.0226. The highest BCUT2D eigenvalue weighted by Gasteiger charge is 2.21. The van der Waals surface area contributed by atoms with Crippen LogP contribution in [0, 0.1) is 0 Å². The van der Waals surface area contributed by atoms with E-state index in [0.29, 0.717) is 29.4 Å². The molecule has 0 fully saturated rings. The van der Waals surface area contributed by atoms with Crippen molar-refractivity contribution in [2.24, 2.45) is 0 Å². The number of hydrogen-bond acceptors (Lipinski definition) is 7. The molecule has 0 saturated heterocycles. The lowest BCUT2D eigenvalue weighted by molar-refractivity contribution is 0.399. The average Bonchev–Trinajstić information content (AvgIpc) is 3.08. The van der Waals surface area contributed by atoms with Gasteiger partial charge in [0.05, 0.1) is 27.5 Å². The summed E-state index contributed by atoms with van der Waals surface area (Å²) in [6.45, 7) is 3.92. The molecule has 3 N–H and O–H groups in total. The van der Waals surface area contributed by atoms with Gasteiger partial charge in [0.2, 0.25) is 5.43 Å². The summed E-state index contributed by atoms with van der Waals surface area (Å²) < 4.78 is 1.81. The number of likely N-dealkylation sites (N-methyl/N-ethyl adjacent to an activating group) is 2. The first-order valence-electron chi connectivity index (χ1n) is 10.5. The molecule has 0 unspecified atom stereocenters. The Morgan fingerprint density at radius 2 is 1.74 bits per heavy atom. The van der Waals surface area contributed by atoms with Crippen molar-refractivity contribution in [3.63, 3.8) is 0 Å². The molecule has 0 atom stereocenters. The second-order valence-electron chi connectivity index (χ2n) is 8.45. The SMILES string of the molecule is CN(C)CCNCc1nn2c3cccc(O)c3c(=O)c3c(NCCN(C)C)ccc1c32. The fourth-order valence-corrected chi connectivity index (χ4v) is 3.94. The molecule has 2 aromatic heterocycles. The number of aromatic nitrogens is 2. The second kappa shape index (κ2) is 8.66. The van der Waals surface area contributed by atoms with Crippen molar-refractivity contribution in [2.45, 2.75) is 6.54 Å². The molecular formula is C23H30N6O2. The monoisotopic (exact) mass is 422 g/mol. The normalized spacial score (nSPS) is 12.2. The quantitative estimate of drug-likeness (QED) is 0.280. The van der Waals surface area contributed by atoms with E-state index in [1.807, 2.05) is 46.4 Å². The van der Waals surface area contributed by atoms with Gasteiger partial charge in [-0.1, -0.05) is 6.07 Å². The smallest absolute Gasteiger partial charge is 0.203 e. The number of phenols is 1. The van der Waals surface area contributed by atoms with Gasteiger partial charge in [-0.15, -0.1) is 0 Å². The number of rotatable bonds is 9. The Labute approximate surface area is 181 Å². The average molecular weight is 423 g/mol. The molecule has 0 radical (unpaired) electrons. The van der Waals surface area contributed by atoms with E-state index in [1.54, 1.807) is 16.6 Å². The van der Waals surface area contributed by atoms with E-state index in [-0.39, 0.29) is 11.2 Å². The molecule has 0 aliphatic carbocycles. The zero-order valence-electron chi connectivity index (χ0n) is 18.6. The molecule has 8 heteroatoms. The van der Waals surface area contributed by atoms with Gasteiger partial charge in [-0.2, -0.15) is 5.10 Å². The standard InChI is InChI=1S/C23H30N6O2/c1-27(2)12-10-24-14-17-15-8-9-16(25-11-13-28(3)4)20-22(15)29(26-17)18-6-5-7-19(30)21(18)23(20)31/h5-9,24-25,30H,10-14H2,1-4H3. The predicted octanol–water partition coefficient (Wildman–Crippen LogP) is 1.77. The van der Waals surface area contributed by atoms with Gasteiger partial charge < -0.3 is 25.5 Å². The molecule has 2 aromatic carbocycles. The number of hydrogen-bond donors (Lipinski definition) is 3. The maximum Gasteiger partial charge on any atom is 0.203 e. The summed E-state index contributed by atoms with van der Waals surface area (Å²) in [5, 5.41) is 24.0. The van der Waals surface area contributed by atoms with E-state index < -0.39 is 0 Å². The van der Waals surface area contributed by atoms with Crippen LogP contribution in [0.4, 0.5) is 5.69 Å². The molecular weight excluding hydrogens is 392 g/mol. The Morgan fingerprint density at radius 3 is 2.48 bits per heavy atom. The Bertz CT molecular complexity index is 1260. The third kappa shape index (κ3) is 4.01. The van der Waals surface area contributed by atoms with Gasteiger partial charge >= 0.3 is 0 Å². The van der Waals surface area contributed by atoms with Crippen molar-refractivity contribution in [3.8, 4) is 5.75 Å². The summed E-state index contributed by atoms with van der Waals surface area (Å²) in [6.07, 6.45) is 0. The van der Waals surface area contributed by atoms with Crippen LogP contribution < -0.4 is 16.1 Å². The van der Waals surface area contributed by atoms with Crippen molar-refractivity contribution in [1.29, 1.82) is 0 Å². The van der Waals surface area contributed by atoms with Crippen molar-refractivity contribution in [2.75, 3.05) is 59.7 Å². The fraction of sp³-hybridized carbons (Fsp3) is 0.391. The first-order chi connectivity index (χ1) is 14.9. The lowest BCUT2D eigenvalue weighted by atomic mass is 10.0. The van der Waals surface area contributed by atoms with Crippen LogP contribution in [0.15, 0.2) is 35.1 Å². The number of aromatic hydroxyl groups is 1. The van der Waals surface area contributed by atoms with Gasteiger partial charge in [-0.05, 0) is 52.5 Å². The minimum atomic E-state index is -0.175. The number of nitrogens with one attached hydrogen (secondary N) is 2. The lowest BCUT2D eigenvalue weighted by Gasteiger charge is -2.14. The van der Waals surface area contributed by atoms with Crippen LogP contribution in [-0.4, -0.2) is 78.9 Å². The lowest BCUT2D eigenvalue weighted by Crippen LogP contribution is -2.26. The van der Waals surface area contributed by atoms with Crippen LogP contribution in [0.5, 0.6) is 5.75 Å². The molecule has 0 aliphatic heterocycles. The number of benzene rings is 2. The molecule has 0 saturated carbocycles. The van der Waals surface area contributed by atoms with Crippen LogP contribution in [0.2, 0.25) is 0 Å². The molecule has 164 valence electrons. The van der Waals surface area contributed by atoms with Gasteiger partial charge in [0.1, 0.15) is 5.75 Å². The van der Waals surface area contributed by atoms with E-state index >= 15 is 0 Å². The van der Waals surface area contributed by atoms with Crippen LogP contribution >= 0.6 is 0 Å². The number of anilines is 1. The van der Waals surface area contributed by atoms with Crippen LogP contribution in [0.25, 0.3) is 27.2 Å². The molecule has 0 aliphatic rings. The Morgan fingerprint density at radius 1 is 1.00 bits per heavy atom. The second-order valence-corrected chi connectivity index (χ2v) is 8.45.